The molecule has 3 fully saturated rings. The molecule has 2 N–H and O–H groups in total. The third-order valence-corrected chi connectivity index (χ3v) is 6.56. The summed E-state index contributed by atoms with van der Waals surface area (Å²) < 4.78 is 7.74. The molecule has 0 aromatic carbocycles. The Labute approximate surface area is 154 Å². The Bertz CT molecular complexity index is 630. The lowest BCUT2D eigenvalue weighted by atomic mass is 9.58. The lowest BCUT2D eigenvalue weighted by Gasteiger charge is -2.56. The molecule has 1 aliphatic carbocycles. The Balaban J connectivity index is 1.37. The van der Waals surface area contributed by atoms with Crippen LogP contribution in [0.2, 0.25) is 0 Å². The second-order valence-corrected chi connectivity index (χ2v) is 7.90. The zero-order chi connectivity index (χ0) is 18.1. The standard InChI is InChI=1S/C19H30N4O3/c1-2-26-17-12-16(24)19(17)6-10-22(11-7-19)18(25)15-5-9-23(21-15)14-4-3-8-20-13-14/h5,9,14,16-17,20,24H,2-4,6-8,10-13H2,1H3. The molecule has 1 amide bonds. The topological polar surface area (TPSA) is 79.6 Å². The van der Waals surface area contributed by atoms with Gasteiger partial charge in [-0.3, -0.25) is 9.48 Å². The van der Waals surface area contributed by atoms with Crippen molar-refractivity contribution in [2.24, 2.45) is 5.41 Å². The van der Waals surface area contributed by atoms with E-state index in [9.17, 15) is 9.90 Å². The van der Waals surface area contributed by atoms with E-state index in [1.165, 1.54) is 0 Å². The number of aromatic nitrogens is 2. The molecule has 0 bridgehead atoms. The van der Waals surface area contributed by atoms with Crippen LogP contribution in [0.25, 0.3) is 0 Å². The minimum atomic E-state index is -0.297. The fourth-order valence-electron chi connectivity index (χ4n) is 4.82. The van der Waals surface area contributed by atoms with Crippen molar-refractivity contribution < 1.29 is 14.6 Å². The molecule has 26 heavy (non-hydrogen) atoms. The van der Waals surface area contributed by atoms with Gasteiger partial charge >= 0.3 is 0 Å². The van der Waals surface area contributed by atoms with Crippen LogP contribution >= 0.6 is 0 Å². The Morgan fingerprint density at radius 2 is 2.27 bits per heavy atom. The third kappa shape index (κ3) is 3.06. The van der Waals surface area contributed by atoms with E-state index in [2.05, 4.69) is 10.4 Å². The normalized spacial score (nSPS) is 31.0. The molecule has 1 spiro atoms. The highest BCUT2D eigenvalue weighted by atomic mass is 16.5. The quantitative estimate of drug-likeness (QED) is 0.841. The SMILES string of the molecule is CCOC1CC(O)C12CCN(C(=O)c1ccn(C3CCCNC3)n1)CC2. The fraction of sp³-hybridized carbons (Fsp3) is 0.789. The Hall–Kier alpha value is -1.44. The number of aliphatic hydroxyl groups excluding tert-OH is 1. The summed E-state index contributed by atoms with van der Waals surface area (Å²) in [7, 11) is 0. The predicted molar refractivity (Wildman–Crippen MR) is 97.0 cm³/mol. The number of amides is 1. The Morgan fingerprint density at radius 1 is 1.46 bits per heavy atom. The molecule has 4 rings (SSSR count). The number of rotatable bonds is 4. The van der Waals surface area contributed by atoms with Crippen molar-refractivity contribution in [3.63, 3.8) is 0 Å². The summed E-state index contributed by atoms with van der Waals surface area (Å²) >= 11 is 0. The van der Waals surface area contributed by atoms with Crippen LogP contribution in [-0.4, -0.2) is 70.7 Å². The van der Waals surface area contributed by atoms with Crippen molar-refractivity contribution in [1.29, 1.82) is 0 Å². The highest BCUT2D eigenvalue weighted by Crippen LogP contribution is 2.51. The van der Waals surface area contributed by atoms with Crippen molar-refractivity contribution in [3.05, 3.63) is 18.0 Å². The molecule has 3 atom stereocenters. The fourth-order valence-corrected chi connectivity index (χ4v) is 4.82. The van der Waals surface area contributed by atoms with Crippen molar-refractivity contribution in [3.8, 4) is 0 Å². The summed E-state index contributed by atoms with van der Waals surface area (Å²) in [5, 5.41) is 18.2. The van der Waals surface area contributed by atoms with Crippen LogP contribution in [0.5, 0.6) is 0 Å². The number of hydrogen-bond donors (Lipinski definition) is 2. The maximum Gasteiger partial charge on any atom is 0.274 e. The molecule has 1 aromatic rings. The molecule has 3 aliphatic rings. The van der Waals surface area contributed by atoms with Gasteiger partial charge in [0.2, 0.25) is 0 Å². The number of carbonyl (C=O) groups excluding carboxylic acids is 1. The predicted octanol–water partition coefficient (Wildman–Crippen LogP) is 1.20. The van der Waals surface area contributed by atoms with Crippen LogP contribution in [0.4, 0.5) is 0 Å². The van der Waals surface area contributed by atoms with E-state index in [0.29, 0.717) is 31.4 Å². The lowest BCUT2D eigenvalue weighted by molar-refractivity contribution is -0.207. The average molecular weight is 362 g/mol. The van der Waals surface area contributed by atoms with Gasteiger partial charge in [-0.15, -0.1) is 0 Å². The average Bonchev–Trinajstić information content (AvgIpc) is 3.18. The minimum absolute atomic E-state index is 0.00383. The highest BCUT2D eigenvalue weighted by molar-refractivity contribution is 5.92. The van der Waals surface area contributed by atoms with Crippen LogP contribution in [0, 0.1) is 5.41 Å². The molecule has 2 saturated heterocycles. The second kappa shape index (κ2) is 7.29. The summed E-state index contributed by atoms with van der Waals surface area (Å²) in [4.78, 5) is 14.7. The number of nitrogens with zero attached hydrogens (tertiary/aromatic N) is 3. The van der Waals surface area contributed by atoms with E-state index >= 15 is 0 Å². The first-order valence-electron chi connectivity index (χ1n) is 9.99. The number of ether oxygens (including phenoxy) is 1. The summed E-state index contributed by atoms with van der Waals surface area (Å²) in [5.74, 6) is 0.00383. The molecular formula is C19H30N4O3. The first-order chi connectivity index (χ1) is 12.6. The van der Waals surface area contributed by atoms with Gasteiger partial charge in [-0.2, -0.15) is 5.10 Å². The van der Waals surface area contributed by atoms with Crippen molar-refractivity contribution in [2.45, 2.75) is 57.3 Å². The number of nitrogens with one attached hydrogen (secondary N) is 1. The van der Waals surface area contributed by atoms with Gasteiger partial charge in [-0.25, -0.2) is 0 Å². The first kappa shape index (κ1) is 17.9. The Kier molecular flexibility index (Phi) is 5.03. The Morgan fingerprint density at radius 3 is 2.92 bits per heavy atom. The van der Waals surface area contributed by atoms with Crippen LogP contribution in [0.15, 0.2) is 12.3 Å². The molecule has 7 heteroatoms. The maximum atomic E-state index is 12.8. The monoisotopic (exact) mass is 362 g/mol. The van der Waals surface area contributed by atoms with E-state index in [4.69, 9.17) is 4.74 Å². The number of likely N-dealkylation sites (tertiary alicyclic amines) is 1. The van der Waals surface area contributed by atoms with E-state index in [0.717, 1.165) is 45.2 Å². The van der Waals surface area contributed by atoms with Gasteiger partial charge in [-0.05, 0) is 45.2 Å². The molecule has 1 aromatic heterocycles. The van der Waals surface area contributed by atoms with E-state index in [-0.39, 0.29) is 23.5 Å². The number of carbonyl (C=O) groups is 1. The molecule has 144 valence electrons. The largest absolute Gasteiger partial charge is 0.392 e. The molecular weight excluding hydrogens is 332 g/mol. The van der Waals surface area contributed by atoms with Gasteiger partial charge in [0, 0.05) is 44.3 Å². The molecule has 0 radical (unpaired) electrons. The highest BCUT2D eigenvalue weighted by Gasteiger charge is 2.56. The van der Waals surface area contributed by atoms with Gasteiger partial charge in [0.05, 0.1) is 18.2 Å². The summed E-state index contributed by atoms with van der Waals surface area (Å²) in [6.07, 6.45) is 6.34. The van der Waals surface area contributed by atoms with Gasteiger partial charge in [0.25, 0.3) is 5.91 Å². The van der Waals surface area contributed by atoms with Gasteiger partial charge < -0.3 is 20.1 Å². The summed E-state index contributed by atoms with van der Waals surface area (Å²) in [6.45, 7) is 5.98. The third-order valence-electron chi connectivity index (χ3n) is 6.56. The van der Waals surface area contributed by atoms with Gasteiger partial charge in [-0.1, -0.05) is 0 Å². The van der Waals surface area contributed by atoms with Crippen LogP contribution in [0.1, 0.15) is 55.6 Å². The summed E-state index contributed by atoms with van der Waals surface area (Å²) in [6, 6.07) is 2.18. The van der Waals surface area contributed by atoms with Gasteiger partial charge in [0.15, 0.2) is 0 Å². The second-order valence-electron chi connectivity index (χ2n) is 7.90. The van der Waals surface area contributed by atoms with E-state index in [1.807, 2.05) is 28.8 Å². The number of aliphatic hydroxyl groups is 1. The van der Waals surface area contributed by atoms with E-state index in [1.54, 1.807) is 0 Å². The van der Waals surface area contributed by atoms with Crippen molar-refractivity contribution in [1.82, 2.24) is 20.0 Å². The number of hydrogen-bond acceptors (Lipinski definition) is 5. The lowest BCUT2D eigenvalue weighted by Crippen LogP contribution is -2.62. The molecule has 7 nitrogen and oxygen atoms in total. The summed E-state index contributed by atoms with van der Waals surface area (Å²) in [5.41, 5.74) is 0.377. The number of piperidine rings is 2. The maximum absolute atomic E-state index is 12.8. The van der Waals surface area contributed by atoms with Crippen LogP contribution in [-0.2, 0) is 4.74 Å². The first-order valence-corrected chi connectivity index (χ1v) is 9.99. The van der Waals surface area contributed by atoms with Crippen LogP contribution in [0.3, 0.4) is 0 Å². The molecule has 3 heterocycles. The zero-order valence-corrected chi connectivity index (χ0v) is 15.6. The van der Waals surface area contributed by atoms with Gasteiger partial charge in [0.1, 0.15) is 5.69 Å². The van der Waals surface area contributed by atoms with Crippen LogP contribution < -0.4 is 5.32 Å². The molecule has 3 unspecified atom stereocenters. The molecule has 1 saturated carbocycles. The minimum Gasteiger partial charge on any atom is -0.392 e. The van der Waals surface area contributed by atoms with Crippen molar-refractivity contribution in [2.75, 3.05) is 32.8 Å². The van der Waals surface area contributed by atoms with Crippen molar-refractivity contribution >= 4 is 5.91 Å². The van der Waals surface area contributed by atoms with E-state index < -0.39 is 0 Å². The zero-order valence-electron chi connectivity index (χ0n) is 15.6. The molecule has 2 aliphatic heterocycles. The smallest absolute Gasteiger partial charge is 0.274 e.